The van der Waals surface area contributed by atoms with Crippen LogP contribution in [0.4, 0.5) is 0 Å². The van der Waals surface area contributed by atoms with Crippen LogP contribution in [0.15, 0.2) is 0 Å². The van der Waals surface area contributed by atoms with E-state index >= 15 is 0 Å². The Hall–Kier alpha value is -1.43. The Morgan fingerprint density at radius 2 is 2.35 bits per heavy atom. The summed E-state index contributed by atoms with van der Waals surface area (Å²) < 4.78 is 0. The molecule has 0 spiro atoms. The summed E-state index contributed by atoms with van der Waals surface area (Å²) in [6, 6.07) is 0. The first kappa shape index (κ1) is 15.0. The van der Waals surface area contributed by atoms with Crippen LogP contribution in [0.2, 0.25) is 0 Å². The fraction of sp³-hybridized carbons (Fsp3) is 0.786. The van der Waals surface area contributed by atoms with Gasteiger partial charge in [-0.15, -0.1) is 5.10 Å². The van der Waals surface area contributed by atoms with E-state index < -0.39 is 5.60 Å². The Kier molecular flexibility index (Phi) is 4.42. The number of rotatable bonds is 4. The molecule has 1 saturated carbocycles. The molecule has 20 heavy (non-hydrogen) atoms. The van der Waals surface area contributed by atoms with E-state index in [0.29, 0.717) is 11.7 Å². The Morgan fingerprint density at radius 1 is 1.60 bits per heavy atom. The molecule has 0 aliphatic heterocycles. The van der Waals surface area contributed by atoms with Gasteiger partial charge in [-0.3, -0.25) is 9.89 Å². The lowest BCUT2D eigenvalue weighted by atomic mass is 9.79. The zero-order valence-corrected chi connectivity index (χ0v) is 12.4. The van der Waals surface area contributed by atoms with Gasteiger partial charge in [0.2, 0.25) is 5.82 Å². The summed E-state index contributed by atoms with van der Waals surface area (Å²) in [4.78, 5) is 16.1. The Balaban J connectivity index is 1.91. The largest absolute Gasteiger partial charge is 0.388 e. The third kappa shape index (κ3) is 3.56. The van der Waals surface area contributed by atoms with Crippen LogP contribution < -0.4 is 5.32 Å². The third-order valence-corrected chi connectivity index (χ3v) is 3.90. The van der Waals surface area contributed by atoms with Gasteiger partial charge in [0, 0.05) is 12.5 Å². The zero-order chi connectivity index (χ0) is 14.8. The number of carbonyl (C=O) groups is 1. The van der Waals surface area contributed by atoms with Gasteiger partial charge in [-0.1, -0.05) is 33.6 Å². The summed E-state index contributed by atoms with van der Waals surface area (Å²) in [7, 11) is 0. The minimum absolute atomic E-state index is 0.140. The summed E-state index contributed by atoms with van der Waals surface area (Å²) in [6.45, 7) is 6.36. The van der Waals surface area contributed by atoms with E-state index in [9.17, 15) is 9.90 Å². The van der Waals surface area contributed by atoms with E-state index in [4.69, 9.17) is 0 Å². The lowest BCUT2D eigenvalue weighted by Crippen LogP contribution is -2.46. The summed E-state index contributed by atoms with van der Waals surface area (Å²) in [5.41, 5.74) is -0.787. The standard InChI is InChI=1S/C14H24N4O2/c1-9(2)11-16-12(18-17-11)13(19)15-8-14(20)6-4-5-10(3)7-14/h9-10,20H,4-8H2,1-3H3,(H,15,19)(H,16,17,18). The van der Waals surface area contributed by atoms with Crippen LogP contribution in [0.3, 0.4) is 0 Å². The number of aromatic amines is 1. The fourth-order valence-electron chi connectivity index (χ4n) is 2.75. The average molecular weight is 280 g/mol. The molecule has 1 aromatic rings. The number of aromatic nitrogens is 3. The van der Waals surface area contributed by atoms with E-state index in [2.05, 4.69) is 27.4 Å². The van der Waals surface area contributed by atoms with Crippen LogP contribution in [-0.2, 0) is 0 Å². The van der Waals surface area contributed by atoms with Crippen molar-refractivity contribution in [2.75, 3.05) is 6.54 Å². The summed E-state index contributed by atoms with van der Waals surface area (Å²) in [6.07, 6.45) is 3.63. The van der Waals surface area contributed by atoms with Crippen molar-refractivity contribution in [3.63, 3.8) is 0 Å². The fourth-order valence-corrected chi connectivity index (χ4v) is 2.75. The Bertz CT molecular complexity index is 471. The predicted octanol–water partition coefficient (Wildman–Crippen LogP) is 1.60. The number of carbonyl (C=O) groups excluding carboxylic acids is 1. The molecule has 1 heterocycles. The SMILES string of the molecule is CC1CCCC(O)(CNC(=O)c2n[nH]c(C(C)C)n2)C1. The molecule has 2 unspecified atom stereocenters. The summed E-state index contributed by atoms with van der Waals surface area (Å²) >= 11 is 0. The van der Waals surface area contributed by atoms with Gasteiger partial charge in [0.25, 0.3) is 5.91 Å². The lowest BCUT2D eigenvalue weighted by Gasteiger charge is -2.35. The molecule has 1 aromatic heterocycles. The van der Waals surface area contributed by atoms with Crippen LogP contribution in [0.25, 0.3) is 0 Å². The predicted molar refractivity (Wildman–Crippen MR) is 75.4 cm³/mol. The second kappa shape index (κ2) is 5.91. The Labute approximate surface area is 119 Å². The number of aliphatic hydroxyl groups is 1. The number of hydrogen-bond donors (Lipinski definition) is 3. The van der Waals surface area contributed by atoms with Gasteiger partial charge in [-0.2, -0.15) is 0 Å². The monoisotopic (exact) mass is 280 g/mol. The van der Waals surface area contributed by atoms with Crippen LogP contribution >= 0.6 is 0 Å². The molecule has 6 nitrogen and oxygen atoms in total. The maximum absolute atomic E-state index is 12.0. The molecular formula is C14H24N4O2. The van der Waals surface area contributed by atoms with Crippen LogP contribution in [0, 0.1) is 5.92 Å². The van der Waals surface area contributed by atoms with E-state index in [-0.39, 0.29) is 24.2 Å². The smallest absolute Gasteiger partial charge is 0.291 e. The molecule has 6 heteroatoms. The molecule has 3 N–H and O–H groups in total. The minimum Gasteiger partial charge on any atom is -0.388 e. The zero-order valence-electron chi connectivity index (χ0n) is 12.4. The maximum atomic E-state index is 12.0. The molecule has 2 rings (SSSR count). The van der Waals surface area contributed by atoms with Crippen molar-refractivity contribution in [1.29, 1.82) is 0 Å². The molecule has 1 fully saturated rings. The van der Waals surface area contributed by atoms with Gasteiger partial charge in [-0.25, -0.2) is 4.98 Å². The number of amides is 1. The second-order valence-electron chi connectivity index (χ2n) is 6.31. The topological polar surface area (TPSA) is 90.9 Å². The molecule has 0 radical (unpaired) electrons. The van der Waals surface area contributed by atoms with Crippen molar-refractivity contribution in [3.05, 3.63) is 11.6 Å². The van der Waals surface area contributed by atoms with E-state index in [1.807, 2.05) is 13.8 Å². The third-order valence-electron chi connectivity index (χ3n) is 3.90. The minimum atomic E-state index is -0.787. The first-order chi connectivity index (χ1) is 9.39. The van der Waals surface area contributed by atoms with Gasteiger partial charge in [0.1, 0.15) is 5.82 Å². The van der Waals surface area contributed by atoms with Crippen LogP contribution in [0.5, 0.6) is 0 Å². The molecular weight excluding hydrogens is 256 g/mol. The number of nitrogens with zero attached hydrogens (tertiary/aromatic N) is 2. The lowest BCUT2D eigenvalue weighted by molar-refractivity contribution is -0.0110. The van der Waals surface area contributed by atoms with Crippen LogP contribution in [-0.4, -0.2) is 38.3 Å². The molecule has 2 atom stereocenters. The van der Waals surface area contributed by atoms with E-state index in [1.54, 1.807) is 0 Å². The highest BCUT2D eigenvalue weighted by Crippen LogP contribution is 2.31. The normalized spacial score (nSPS) is 26.8. The molecule has 0 aromatic carbocycles. The summed E-state index contributed by atoms with van der Waals surface area (Å²) in [5, 5.41) is 19.9. The highest BCUT2D eigenvalue weighted by atomic mass is 16.3. The molecule has 0 bridgehead atoms. The first-order valence-electron chi connectivity index (χ1n) is 7.32. The van der Waals surface area contributed by atoms with Crippen molar-refractivity contribution < 1.29 is 9.90 Å². The number of nitrogens with one attached hydrogen (secondary N) is 2. The van der Waals surface area contributed by atoms with E-state index in [1.165, 1.54) is 0 Å². The highest BCUT2D eigenvalue weighted by molar-refractivity contribution is 5.90. The quantitative estimate of drug-likeness (QED) is 0.781. The average Bonchev–Trinajstić information content (AvgIpc) is 2.85. The van der Waals surface area contributed by atoms with E-state index in [0.717, 1.165) is 25.7 Å². The van der Waals surface area contributed by atoms with Crippen molar-refractivity contribution in [2.45, 2.75) is 58.0 Å². The second-order valence-corrected chi connectivity index (χ2v) is 6.31. The van der Waals surface area contributed by atoms with Crippen molar-refractivity contribution >= 4 is 5.91 Å². The molecule has 1 aliphatic rings. The number of H-pyrrole nitrogens is 1. The molecule has 112 valence electrons. The first-order valence-corrected chi connectivity index (χ1v) is 7.32. The van der Waals surface area contributed by atoms with Crippen LogP contribution in [0.1, 0.15) is 68.8 Å². The Morgan fingerprint density at radius 3 is 2.95 bits per heavy atom. The number of hydrogen-bond acceptors (Lipinski definition) is 4. The van der Waals surface area contributed by atoms with Gasteiger partial charge in [0.15, 0.2) is 0 Å². The highest BCUT2D eigenvalue weighted by Gasteiger charge is 2.33. The summed E-state index contributed by atoms with van der Waals surface area (Å²) in [5.74, 6) is 1.20. The van der Waals surface area contributed by atoms with Crippen molar-refractivity contribution in [1.82, 2.24) is 20.5 Å². The van der Waals surface area contributed by atoms with Crippen molar-refractivity contribution in [3.8, 4) is 0 Å². The van der Waals surface area contributed by atoms with Gasteiger partial charge in [-0.05, 0) is 18.8 Å². The van der Waals surface area contributed by atoms with Gasteiger partial charge >= 0.3 is 0 Å². The molecule has 1 amide bonds. The molecule has 1 aliphatic carbocycles. The van der Waals surface area contributed by atoms with Gasteiger partial charge in [0.05, 0.1) is 5.60 Å². The van der Waals surface area contributed by atoms with Crippen molar-refractivity contribution in [2.24, 2.45) is 5.92 Å². The molecule has 0 saturated heterocycles. The van der Waals surface area contributed by atoms with Gasteiger partial charge < -0.3 is 10.4 Å². The maximum Gasteiger partial charge on any atom is 0.291 e.